The summed E-state index contributed by atoms with van der Waals surface area (Å²) in [4.78, 5) is 0. The average Bonchev–Trinajstić information content (AvgIpc) is 2.22. The molecule has 0 fully saturated rings. The Bertz CT molecular complexity index is 155. The van der Waals surface area contributed by atoms with Crippen molar-refractivity contribution in [3.05, 3.63) is 0 Å². The Hall–Kier alpha value is -0.0800. The quantitative estimate of drug-likeness (QED) is 0.674. The summed E-state index contributed by atoms with van der Waals surface area (Å²) >= 11 is 0. The van der Waals surface area contributed by atoms with Crippen molar-refractivity contribution in [3.8, 4) is 0 Å². The highest BCUT2D eigenvalue weighted by Crippen LogP contribution is 2.27. The van der Waals surface area contributed by atoms with Crippen LogP contribution in [0.25, 0.3) is 0 Å². The molecule has 3 atom stereocenters. The van der Waals surface area contributed by atoms with Gasteiger partial charge in [0.05, 0.1) is 11.7 Å². The zero-order chi connectivity index (χ0) is 11.9. The second-order valence-electron chi connectivity index (χ2n) is 4.86. The molecule has 0 aromatic carbocycles. The Balaban J connectivity index is 4.13. The highest BCUT2D eigenvalue weighted by molar-refractivity contribution is 4.82. The van der Waals surface area contributed by atoms with Crippen LogP contribution in [0.1, 0.15) is 59.8 Å². The molecule has 1 N–H and O–H groups in total. The van der Waals surface area contributed by atoms with Gasteiger partial charge < -0.3 is 9.84 Å². The van der Waals surface area contributed by atoms with Gasteiger partial charge in [0.2, 0.25) is 0 Å². The lowest BCUT2D eigenvalue weighted by Crippen LogP contribution is -2.40. The van der Waals surface area contributed by atoms with Crippen LogP contribution in [-0.2, 0) is 4.74 Å². The molecule has 0 aliphatic rings. The van der Waals surface area contributed by atoms with Gasteiger partial charge in [0.15, 0.2) is 0 Å². The molecule has 0 radical (unpaired) electrons. The van der Waals surface area contributed by atoms with Crippen LogP contribution < -0.4 is 0 Å². The molecule has 0 saturated carbocycles. The summed E-state index contributed by atoms with van der Waals surface area (Å²) in [7, 11) is 1.66. The lowest BCUT2D eigenvalue weighted by atomic mass is 9.84. The minimum absolute atomic E-state index is 0.0897. The third-order valence-corrected chi connectivity index (χ3v) is 3.47. The minimum atomic E-state index is -0.691. The smallest absolute Gasteiger partial charge is 0.0880 e. The Morgan fingerprint density at radius 1 is 1.33 bits per heavy atom. The van der Waals surface area contributed by atoms with E-state index in [0.717, 1.165) is 12.8 Å². The number of hydrogen-bond donors (Lipinski definition) is 1. The zero-order valence-electron chi connectivity index (χ0n) is 11.0. The molecule has 0 aromatic rings. The van der Waals surface area contributed by atoms with E-state index in [4.69, 9.17) is 4.74 Å². The third-order valence-electron chi connectivity index (χ3n) is 3.47. The number of methoxy groups -OCH3 is 1. The fourth-order valence-electron chi connectivity index (χ4n) is 1.95. The normalized spacial score (nSPS) is 19.6. The summed E-state index contributed by atoms with van der Waals surface area (Å²) in [5.41, 5.74) is -0.691. The van der Waals surface area contributed by atoms with Crippen molar-refractivity contribution in [3.63, 3.8) is 0 Å². The minimum Gasteiger partial charge on any atom is -0.387 e. The molecule has 0 aliphatic carbocycles. The van der Waals surface area contributed by atoms with Gasteiger partial charge in [0.1, 0.15) is 0 Å². The van der Waals surface area contributed by atoms with Crippen molar-refractivity contribution < 1.29 is 9.84 Å². The summed E-state index contributed by atoms with van der Waals surface area (Å²) in [5, 5.41) is 10.3. The maximum absolute atomic E-state index is 10.3. The van der Waals surface area contributed by atoms with Gasteiger partial charge in [-0.3, -0.25) is 0 Å². The summed E-state index contributed by atoms with van der Waals surface area (Å²) < 4.78 is 5.21. The van der Waals surface area contributed by atoms with E-state index in [0.29, 0.717) is 5.92 Å². The van der Waals surface area contributed by atoms with Gasteiger partial charge in [0, 0.05) is 7.11 Å². The maximum Gasteiger partial charge on any atom is 0.0880 e. The second-order valence-corrected chi connectivity index (χ2v) is 4.86. The van der Waals surface area contributed by atoms with Crippen LogP contribution in [0.5, 0.6) is 0 Å². The van der Waals surface area contributed by atoms with Crippen molar-refractivity contribution in [1.29, 1.82) is 0 Å². The lowest BCUT2D eigenvalue weighted by molar-refractivity contribution is -0.0860. The number of aliphatic hydroxyl groups is 1. The summed E-state index contributed by atoms with van der Waals surface area (Å²) in [6, 6.07) is 0. The van der Waals surface area contributed by atoms with Crippen LogP contribution in [0.15, 0.2) is 0 Å². The Morgan fingerprint density at radius 2 is 1.93 bits per heavy atom. The number of rotatable bonds is 8. The van der Waals surface area contributed by atoms with Gasteiger partial charge in [-0.25, -0.2) is 0 Å². The standard InChI is InChI=1S/C13H28O2/c1-6-8-9-12(7-2)10-13(4,14)11(3)15-5/h11-12,14H,6-10H2,1-5H3. The molecule has 0 aliphatic heterocycles. The molecule has 2 heteroatoms. The molecule has 0 bridgehead atoms. The van der Waals surface area contributed by atoms with Crippen molar-refractivity contribution in [1.82, 2.24) is 0 Å². The molecule has 92 valence electrons. The fourth-order valence-corrected chi connectivity index (χ4v) is 1.95. The first-order chi connectivity index (χ1) is 6.97. The monoisotopic (exact) mass is 216 g/mol. The predicted octanol–water partition coefficient (Wildman–Crippen LogP) is 3.38. The van der Waals surface area contributed by atoms with E-state index < -0.39 is 5.60 Å². The molecular weight excluding hydrogens is 188 g/mol. The third kappa shape index (κ3) is 5.53. The number of hydrogen-bond acceptors (Lipinski definition) is 2. The van der Waals surface area contributed by atoms with Crippen LogP contribution in [-0.4, -0.2) is 23.9 Å². The van der Waals surface area contributed by atoms with Crippen LogP contribution >= 0.6 is 0 Å². The molecule has 0 amide bonds. The molecule has 15 heavy (non-hydrogen) atoms. The molecule has 0 rings (SSSR count). The van der Waals surface area contributed by atoms with Gasteiger partial charge in [-0.2, -0.15) is 0 Å². The van der Waals surface area contributed by atoms with E-state index in [2.05, 4.69) is 13.8 Å². The van der Waals surface area contributed by atoms with Crippen LogP contribution in [0.3, 0.4) is 0 Å². The molecule has 0 heterocycles. The van der Waals surface area contributed by atoms with Crippen molar-refractivity contribution >= 4 is 0 Å². The fraction of sp³-hybridized carbons (Fsp3) is 1.00. The van der Waals surface area contributed by atoms with E-state index in [1.807, 2.05) is 13.8 Å². The summed E-state index contributed by atoms with van der Waals surface area (Å²) in [5.74, 6) is 0.623. The average molecular weight is 216 g/mol. The topological polar surface area (TPSA) is 29.5 Å². The second kappa shape index (κ2) is 7.24. The Labute approximate surface area is 95.0 Å². The van der Waals surface area contributed by atoms with E-state index in [1.54, 1.807) is 7.11 Å². The lowest BCUT2D eigenvalue weighted by Gasteiger charge is -2.32. The highest BCUT2D eigenvalue weighted by Gasteiger charge is 2.30. The van der Waals surface area contributed by atoms with Crippen LogP contribution in [0, 0.1) is 5.92 Å². The summed E-state index contributed by atoms with van der Waals surface area (Å²) in [6.45, 7) is 8.23. The van der Waals surface area contributed by atoms with Crippen LogP contribution in [0.4, 0.5) is 0 Å². The van der Waals surface area contributed by atoms with Crippen molar-refractivity contribution in [2.45, 2.75) is 71.5 Å². The highest BCUT2D eigenvalue weighted by atomic mass is 16.5. The Morgan fingerprint density at radius 3 is 2.33 bits per heavy atom. The van der Waals surface area contributed by atoms with E-state index in [9.17, 15) is 5.11 Å². The SMILES string of the molecule is CCCCC(CC)CC(C)(O)C(C)OC. The van der Waals surface area contributed by atoms with Gasteiger partial charge in [-0.15, -0.1) is 0 Å². The van der Waals surface area contributed by atoms with Gasteiger partial charge in [-0.05, 0) is 26.2 Å². The first-order valence-electron chi connectivity index (χ1n) is 6.23. The molecule has 2 nitrogen and oxygen atoms in total. The van der Waals surface area contributed by atoms with E-state index in [1.165, 1.54) is 19.3 Å². The van der Waals surface area contributed by atoms with Gasteiger partial charge in [0.25, 0.3) is 0 Å². The number of ether oxygens (including phenoxy) is 1. The van der Waals surface area contributed by atoms with Gasteiger partial charge in [-0.1, -0.05) is 39.5 Å². The maximum atomic E-state index is 10.3. The van der Waals surface area contributed by atoms with Crippen LogP contribution in [0.2, 0.25) is 0 Å². The molecular formula is C13H28O2. The first-order valence-corrected chi connectivity index (χ1v) is 6.23. The molecule has 0 spiro atoms. The predicted molar refractivity (Wildman–Crippen MR) is 65.0 cm³/mol. The summed E-state index contributed by atoms with van der Waals surface area (Å²) in [6.07, 6.45) is 5.62. The van der Waals surface area contributed by atoms with Crippen molar-refractivity contribution in [2.75, 3.05) is 7.11 Å². The Kier molecular flexibility index (Phi) is 7.20. The first kappa shape index (κ1) is 14.9. The zero-order valence-corrected chi connectivity index (χ0v) is 11.0. The van der Waals surface area contributed by atoms with Gasteiger partial charge >= 0.3 is 0 Å². The molecule has 0 aromatic heterocycles. The van der Waals surface area contributed by atoms with Crippen molar-refractivity contribution in [2.24, 2.45) is 5.92 Å². The largest absolute Gasteiger partial charge is 0.387 e. The van der Waals surface area contributed by atoms with E-state index >= 15 is 0 Å². The molecule has 0 saturated heterocycles. The molecule has 3 unspecified atom stereocenters. The van der Waals surface area contributed by atoms with E-state index in [-0.39, 0.29) is 6.10 Å². The number of unbranched alkanes of at least 4 members (excludes halogenated alkanes) is 1.